The van der Waals surface area contributed by atoms with Gasteiger partial charge < -0.3 is 19.5 Å². The number of carbonyl (C=O) groups excluding carboxylic acids is 2. The minimum absolute atomic E-state index is 0.232. The number of rotatable bonds is 7. The van der Waals surface area contributed by atoms with Gasteiger partial charge in [-0.25, -0.2) is 4.79 Å². The molecule has 0 saturated heterocycles. The molecular weight excluding hydrogens is 346 g/mol. The van der Waals surface area contributed by atoms with Gasteiger partial charge in [-0.3, -0.25) is 4.79 Å². The smallest absolute Gasteiger partial charge is 0.338 e. The van der Waals surface area contributed by atoms with Crippen LogP contribution in [0.1, 0.15) is 15.9 Å². The number of nitrogens with one attached hydrogen (secondary N) is 1. The van der Waals surface area contributed by atoms with Gasteiger partial charge in [0.2, 0.25) is 0 Å². The summed E-state index contributed by atoms with van der Waals surface area (Å²) in [5.74, 6) is -0.169. The molecule has 2 rings (SSSR count). The Labute approximate surface area is 150 Å². The quantitative estimate of drug-likeness (QED) is 0.766. The van der Waals surface area contributed by atoms with E-state index in [4.69, 9.17) is 25.8 Å². The van der Waals surface area contributed by atoms with Crippen LogP contribution in [0.15, 0.2) is 42.5 Å². The highest BCUT2D eigenvalue weighted by Gasteiger charge is 2.13. The zero-order valence-corrected chi connectivity index (χ0v) is 14.6. The van der Waals surface area contributed by atoms with E-state index in [1.54, 1.807) is 24.3 Å². The highest BCUT2D eigenvalue weighted by Crippen LogP contribution is 2.23. The van der Waals surface area contributed by atoms with Crippen molar-refractivity contribution in [2.24, 2.45) is 0 Å². The molecule has 1 N–H and O–H groups in total. The lowest BCUT2D eigenvalue weighted by molar-refractivity contribution is -0.124. The van der Waals surface area contributed by atoms with Crippen LogP contribution in [0.25, 0.3) is 0 Å². The minimum Gasteiger partial charge on any atom is -0.497 e. The normalized spacial score (nSPS) is 10.0. The summed E-state index contributed by atoms with van der Waals surface area (Å²) in [4.78, 5) is 23.9. The first-order valence-electron chi connectivity index (χ1n) is 7.43. The van der Waals surface area contributed by atoms with Gasteiger partial charge in [0.1, 0.15) is 11.5 Å². The van der Waals surface area contributed by atoms with Crippen molar-refractivity contribution in [2.45, 2.75) is 6.54 Å². The second-order valence-corrected chi connectivity index (χ2v) is 5.45. The topological polar surface area (TPSA) is 73.9 Å². The van der Waals surface area contributed by atoms with Gasteiger partial charge in [0.05, 0.1) is 19.8 Å². The fourth-order valence-electron chi connectivity index (χ4n) is 2.03. The SMILES string of the molecule is COc1cc(OC)cc(C(=O)OCC(=O)NCc2ccccc2Cl)c1. The Morgan fingerprint density at radius 2 is 1.68 bits per heavy atom. The van der Waals surface area contributed by atoms with Crippen molar-refractivity contribution < 1.29 is 23.8 Å². The molecule has 0 saturated carbocycles. The minimum atomic E-state index is -0.648. The fraction of sp³-hybridized carbons (Fsp3) is 0.222. The van der Waals surface area contributed by atoms with Crippen LogP contribution in [0.4, 0.5) is 0 Å². The Balaban J connectivity index is 1.89. The van der Waals surface area contributed by atoms with Crippen LogP contribution in [-0.2, 0) is 16.1 Å². The second-order valence-electron chi connectivity index (χ2n) is 5.05. The maximum absolute atomic E-state index is 12.1. The van der Waals surface area contributed by atoms with Gasteiger partial charge in [-0.2, -0.15) is 0 Å². The highest BCUT2D eigenvalue weighted by molar-refractivity contribution is 6.31. The Kier molecular flexibility index (Phi) is 6.65. The molecule has 0 heterocycles. The first kappa shape index (κ1) is 18.6. The molecule has 2 aromatic carbocycles. The molecule has 2 aromatic rings. The largest absolute Gasteiger partial charge is 0.497 e. The number of methoxy groups -OCH3 is 2. The number of esters is 1. The molecule has 0 aromatic heterocycles. The summed E-state index contributed by atoms with van der Waals surface area (Å²) in [5, 5.41) is 3.20. The van der Waals surface area contributed by atoms with Crippen molar-refractivity contribution in [3.63, 3.8) is 0 Å². The number of hydrogen-bond acceptors (Lipinski definition) is 5. The van der Waals surface area contributed by atoms with Gasteiger partial charge in [-0.1, -0.05) is 29.8 Å². The van der Waals surface area contributed by atoms with Crippen LogP contribution in [0.2, 0.25) is 5.02 Å². The van der Waals surface area contributed by atoms with E-state index < -0.39 is 18.5 Å². The molecular formula is C18H18ClNO5. The van der Waals surface area contributed by atoms with Crippen LogP contribution >= 0.6 is 11.6 Å². The summed E-state index contributed by atoms with van der Waals surface area (Å²) in [7, 11) is 2.96. The average Bonchev–Trinajstić information content (AvgIpc) is 2.64. The molecule has 0 aliphatic carbocycles. The van der Waals surface area contributed by atoms with Crippen molar-refractivity contribution in [3.8, 4) is 11.5 Å². The summed E-state index contributed by atoms with van der Waals surface area (Å²) in [6.45, 7) is -0.147. The molecule has 6 nitrogen and oxygen atoms in total. The molecule has 25 heavy (non-hydrogen) atoms. The second kappa shape index (κ2) is 8.94. The molecule has 7 heteroatoms. The first-order chi connectivity index (χ1) is 12.0. The standard InChI is InChI=1S/C18H18ClNO5/c1-23-14-7-13(8-15(9-14)24-2)18(22)25-11-17(21)20-10-12-5-3-4-6-16(12)19/h3-9H,10-11H2,1-2H3,(H,20,21). The third-order valence-corrected chi connectivity index (χ3v) is 3.72. The molecule has 0 fully saturated rings. The van der Waals surface area contributed by atoms with Crippen molar-refractivity contribution in [1.82, 2.24) is 5.32 Å². The molecule has 0 aliphatic rings. The molecule has 0 radical (unpaired) electrons. The molecule has 0 unspecified atom stereocenters. The van der Waals surface area contributed by atoms with E-state index in [1.807, 2.05) is 6.07 Å². The lowest BCUT2D eigenvalue weighted by Crippen LogP contribution is -2.28. The molecule has 0 aliphatic heterocycles. The summed E-state index contributed by atoms with van der Waals surface area (Å²) in [5.41, 5.74) is 1.01. The number of halogens is 1. The number of carbonyl (C=O) groups is 2. The van der Waals surface area contributed by atoms with Crippen molar-refractivity contribution >= 4 is 23.5 Å². The summed E-state index contributed by atoms with van der Waals surface area (Å²) < 4.78 is 15.2. The molecule has 0 bridgehead atoms. The van der Waals surface area contributed by atoms with Crippen LogP contribution in [0.5, 0.6) is 11.5 Å². The van der Waals surface area contributed by atoms with Gasteiger partial charge in [-0.15, -0.1) is 0 Å². The maximum atomic E-state index is 12.1. The van der Waals surface area contributed by atoms with E-state index in [-0.39, 0.29) is 12.1 Å². The zero-order valence-electron chi connectivity index (χ0n) is 13.9. The Morgan fingerprint density at radius 3 is 2.28 bits per heavy atom. The predicted molar refractivity (Wildman–Crippen MR) is 93.1 cm³/mol. The van der Waals surface area contributed by atoms with E-state index >= 15 is 0 Å². The molecule has 0 atom stereocenters. The number of amides is 1. The maximum Gasteiger partial charge on any atom is 0.338 e. The number of ether oxygens (including phenoxy) is 3. The summed E-state index contributed by atoms with van der Waals surface area (Å²) in [6, 6.07) is 11.8. The predicted octanol–water partition coefficient (Wildman–Crippen LogP) is 2.83. The van der Waals surface area contributed by atoms with Gasteiger partial charge >= 0.3 is 5.97 Å². The fourth-order valence-corrected chi connectivity index (χ4v) is 2.23. The van der Waals surface area contributed by atoms with Crippen molar-refractivity contribution in [3.05, 3.63) is 58.6 Å². The average molecular weight is 364 g/mol. The van der Waals surface area contributed by atoms with Crippen LogP contribution in [-0.4, -0.2) is 32.7 Å². The van der Waals surface area contributed by atoms with E-state index in [9.17, 15) is 9.59 Å². The van der Waals surface area contributed by atoms with Crippen LogP contribution in [0, 0.1) is 0 Å². The van der Waals surface area contributed by atoms with Gasteiger partial charge in [0.25, 0.3) is 5.91 Å². The summed E-state index contributed by atoms with van der Waals surface area (Å²) in [6.07, 6.45) is 0. The highest BCUT2D eigenvalue weighted by atomic mass is 35.5. The van der Waals surface area contributed by atoms with E-state index in [1.165, 1.54) is 26.4 Å². The van der Waals surface area contributed by atoms with Crippen molar-refractivity contribution in [1.29, 1.82) is 0 Å². The van der Waals surface area contributed by atoms with E-state index in [0.29, 0.717) is 16.5 Å². The molecule has 0 spiro atoms. The van der Waals surface area contributed by atoms with Gasteiger partial charge in [-0.05, 0) is 23.8 Å². The summed E-state index contributed by atoms with van der Waals surface area (Å²) >= 11 is 6.01. The van der Waals surface area contributed by atoms with Gasteiger partial charge in [0.15, 0.2) is 6.61 Å². The Morgan fingerprint density at radius 1 is 1.04 bits per heavy atom. The third kappa shape index (κ3) is 5.39. The number of benzene rings is 2. The lowest BCUT2D eigenvalue weighted by atomic mass is 10.2. The Bertz CT molecular complexity index is 741. The number of hydrogen-bond donors (Lipinski definition) is 1. The monoisotopic (exact) mass is 363 g/mol. The molecule has 1 amide bonds. The Hall–Kier alpha value is -2.73. The third-order valence-electron chi connectivity index (χ3n) is 3.36. The van der Waals surface area contributed by atoms with Crippen molar-refractivity contribution in [2.75, 3.05) is 20.8 Å². The van der Waals surface area contributed by atoms with E-state index in [2.05, 4.69) is 5.32 Å². The van der Waals surface area contributed by atoms with Crippen LogP contribution in [0.3, 0.4) is 0 Å². The lowest BCUT2D eigenvalue weighted by Gasteiger charge is -2.09. The van der Waals surface area contributed by atoms with Crippen LogP contribution < -0.4 is 14.8 Å². The first-order valence-corrected chi connectivity index (χ1v) is 7.81. The molecule has 132 valence electrons. The zero-order chi connectivity index (χ0) is 18.2. The van der Waals surface area contributed by atoms with E-state index in [0.717, 1.165) is 5.56 Å². The van der Waals surface area contributed by atoms with Gasteiger partial charge in [0, 0.05) is 17.6 Å².